The fourth-order valence-corrected chi connectivity index (χ4v) is 4.36. The first-order chi connectivity index (χ1) is 21.6. The van der Waals surface area contributed by atoms with E-state index in [4.69, 9.17) is 26.4 Å². The van der Waals surface area contributed by atoms with Crippen LogP contribution in [0.25, 0.3) is 22.3 Å². The minimum atomic E-state index is -1.16. The van der Waals surface area contributed by atoms with Gasteiger partial charge < -0.3 is 36.4 Å². The van der Waals surface area contributed by atoms with Crippen molar-refractivity contribution >= 4 is 45.9 Å². The van der Waals surface area contributed by atoms with Crippen molar-refractivity contribution in [3.8, 4) is 6.01 Å². The van der Waals surface area contributed by atoms with E-state index >= 15 is 0 Å². The number of rotatable bonds is 9. The fourth-order valence-electron chi connectivity index (χ4n) is 4.36. The summed E-state index contributed by atoms with van der Waals surface area (Å²) in [5.74, 6) is -2.09. The van der Waals surface area contributed by atoms with E-state index in [0.29, 0.717) is 17.7 Å². The third-order valence-corrected chi connectivity index (χ3v) is 6.33. The maximum Gasteiger partial charge on any atom is 0.341 e. The number of carbonyl (C=O) groups is 2. The standard InChI is InChI=1S/C14H13N5O4.C14H13N5O3/c15-11-10-12(18-13(17-11)23-7-9(20)21)19(14(22)16-10)6-8-4-2-1-3-5-8;15-12-11-13(17-9(16-12)6-10(20)21)19(14(22)18-11)7-8-4-2-1-3-5-8/h1-5H,6-7H2,(H,16,22)(H,20,21)(H2,15,17,18);1-5H,6-7H2,(H,18,22)(H,20,21)(H2,15,16,17). The number of aromatic nitrogens is 8. The predicted molar refractivity (Wildman–Crippen MR) is 161 cm³/mol. The average Bonchev–Trinajstić information content (AvgIpc) is 3.49. The Balaban J connectivity index is 0.000000178. The molecule has 8 N–H and O–H groups in total. The van der Waals surface area contributed by atoms with Crippen molar-refractivity contribution in [1.29, 1.82) is 0 Å². The van der Waals surface area contributed by atoms with Gasteiger partial charge in [0, 0.05) is 0 Å². The van der Waals surface area contributed by atoms with Gasteiger partial charge in [0.25, 0.3) is 0 Å². The van der Waals surface area contributed by atoms with Gasteiger partial charge in [-0.3, -0.25) is 13.9 Å². The van der Waals surface area contributed by atoms with Crippen LogP contribution >= 0.6 is 0 Å². The number of imidazole rings is 2. The second-order valence-corrected chi connectivity index (χ2v) is 9.57. The Bertz CT molecular complexity index is 2120. The van der Waals surface area contributed by atoms with Crippen molar-refractivity contribution in [3.05, 3.63) is 98.6 Å². The van der Waals surface area contributed by atoms with Crippen LogP contribution in [0.15, 0.2) is 70.3 Å². The molecule has 17 heteroatoms. The van der Waals surface area contributed by atoms with Crippen LogP contribution in [0.1, 0.15) is 17.0 Å². The molecule has 0 saturated carbocycles. The second-order valence-electron chi connectivity index (χ2n) is 9.57. The molecule has 4 aromatic heterocycles. The highest BCUT2D eigenvalue weighted by molar-refractivity contribution is 5.83. The number of nitrogens with one attached hydrogen (secondary N) is 2. The third kappa shape index (κ3) is 6.94. The van der Waals surface area contributed by atoms with Crippen LogP contribution in [-0.2, 0) is 29.1 Å². The van der Waals surface area contributed by atoms with Gasteiger partial charge in [0.15, 0.2) is 29.5 Å². The monoisotopic (exact) mass is 614 g/mol. The summed E-state index contributed by atoms with van der Waals surface area (Å²) in [4.78, 5) is 66.7. The van der Waals surface area contributed by atoms with E-state index in [0.717, 1.165) is 11.1 Å². The molecule has 4 heterocycles. The number of aliphatic carboxylic acids is 2. The van der Waals surface area contributed by atoms with Crippen LogP contribution in [0, 0.1) is 0 Å². The summed E-state index contributed by atoms with van der Waals surface area (Å²) in [6, 6.07) is 18.5. The highest BCUT2D eigenvalue weighted by Gasteiger charge is 2.17. The molecule has 2 aromatic carbocycles. The Labute approximate surface area is 251 Å². The molecule has 0 saturated heterocycles. The normalized spacial score (nSPS) is 10.8. The average molecular weight is 615 g/mol. The van der Waals surface area contributed by atoms with Gasteiger partial charge in [-0.05, 0) is 11.1 Å². The molecule has 0 aliphatic carbocycles. The topological polar surface area (TPSA) is 263 Å². The van der Waals surface area contributed by atoms with Gasteiger partial charge in [-0.15, -0.1) is 0 Å². The number of benzene rings is 2. The van der Waals surface area contributed by atoms with Crippen LogP contribution in [0.3, 0.4) is 0 Å². The maximum absolute atomic E-state index is 12.1. The Morgan fingerprint density at radius 2 is 1.20 bits per heavy atom. The minimum absolute atomic E-state index is 0.0132. The number of H-pyrrole nitrogens is 2. The zero-order valence-corrected chi connectivity index (χ0v) is 23.4. The van der Waals surface area contributed by atoms with Gasteiger partial charge in [-0.2, -0.15) is 9.97 Å². The lowest BCUT2D eigenvalue weighted by molar-refractivity contribution is -0.139. The summed E-state index contributed by atoms with van der Waals surface area (Å²) >= 11 is 0. The summed E-state index contributed by atoms with van der Waals surface area (Å²) < 4.78 is 7.74. The lowest BCUT2D eigenvalue weighted by Crippen LogP contribution is -2.18. The van der Waals surface area contributed by atoms with Gasteiger partial charge in [0.05, 0.1) is 13.1 Å². The van der Waals surface area contributed by atoms with Crippen molar-refractivity contribution in [2.45, 2.75) is 19.5 Å². The number of hydrogen-bond donors (Lipinski definition) is 6. The number of carboxylic acids is 2. The first kappa shape index (κ1) is 30.0. The molecule has 0 spiro atoms. The fraction of sp³-hybridized carbons (Fsp3) is 0.143. The number of nitrogens with two attached hydrogens (primary N) is 2. The first-order valence-electron chi connectivity index (χ1n) is 13.2. The third-order valence-electron chi connectivity index (χ3n) is 6.33. The van der Waals surface area contributed by atoms with Crippen LogP contribution < -0.4 is 27.6 Å². The molecule has 0 unspecified atom stereocenters. The molecule has 17 nitrogen and oxygen atoms in total. The molecule has 45 heavy (non-hydrogen) atoms. The number of anilines is 2. The number of aromatic amines is 2. The van der Waals surface area contributed by atoms with E-state index in [1.807, 2.05) is 60.7 Å². The Morgan fingerprint density at radius 3 is 1.69 bits per heavy atom. The van der Waals surface area contributed by atoms with Crippen LogP contribution in [0.5, 0.6) is 6.01 Å². The Kier molecular flexibility index (Phi) is 8.51. The number of carboxylic acid groups (broad SMARTS) is 2. The molecule has 6 rings (SSSR count). The van der Waals surface area contributed by atoms with E-state index in [9.17, 15) is 19.2 Å². The zero-order valence-electron chi connectivity index (χ0n) is 23.4. The largest absolute Gasteiger partial charge is 0.481 e. The molecule has 0 bridgehead atoms. The highest BCUT2D eigenvalue weighted by Crippen LogP contribution is 2.19. The lowest BCUT2D eigenvalue weighted by Gasteiger charge is -2.05. The van der Waals surface area contributed by atoms with Crippen LogP contribution in [-0.4, -0.2) is 67.8 Å². The molecular weight excluding hydrogens is 588 g/mol. The molecule has 0 atom stereocenters. The highest BCUT2D eigenvalue weighted by atomic mass is 16.5. The summed E-state index contributed by atoms with van der Waals surface area (Å²) in [6.07, 6.45) is -0.356. The first-order valence-corrected chi connectivity index (χ1v) is 13.2. The van der Waals surface area contributed by atoms with Crippen LogP contribution in [0.4, 0.5) is 11.6 Å². The Hall–Kier alpha value is -6.52. The van der Waals surface area contributed by atoms with Gasteiger partial charge in [-0.25, -0.2) is 24.4 Å². The van der Waals surface area contributed by atoms with Gasteiger partial charge in [0.2, 0.25) is 0 Å². The summed E-state index contributed by atoms with van der Waals surface area (Å²) in [6.45, 7) is -0.00454. The molecular formula is C28H26N10O7. The zero-order chi connectivity index (χ0) is 32.1. The molecule has 0 aliphatic heterocycles. The molecule has 0 amide bonds. The predicted octanol–water partition coefficient (Wildman–Crippen LogP) is 0.591. The number of ether oxygens (including phenoxy) is 1. The summed E-state index contributed by atoms with van der Waals surface area (Å²) in [7, 11) is 0. The minimum Gasteiger partial charge on any atom is -0.481 e. The van der Waals surface area contributed by atoms with Gasteiger partial charge in [0.1, 0.15) is 23.3 Å². The smallest absolute Gasteiger partial charge is 0.341 e. The maximum atomic E-state index is 12.1. The summed E-state index contributed by atoms with van der Waals surface area (Å²) in [5, 5.41) is 17.5. The van der Waals surface area contributed by atoms with E-state index in [1.165, 1.54) is 9.13 Å². The van der Waals surface area contributed by atoms with Gasteiger partial charge >= 0.3 is 29.3 Å². The number of nitrogen functional groups attached to an aromatic ring is 2. The number of hydrogen-bond acceptors (Lipinski definition) is 11. The van der Waals surface area contributed by atoms with E-state index in [-0.39, 0.29) is 59.0 Å². The number of fused-ring (bicyclic) bond motifs is 2. The molecule has 0 fully saturated rings. The molecule has 0 radical (unpaired) electrons. The van der Waals surface area contributed by atoms with Crippen molar-refractivity contribution in [3.63, 3.8) is 0 Å². The summed E-state index contributed by atoms with van der Waals surface area (Å²) in [5.41, 5.74) is 13.8. The van der Waals surface area contributed by atoms with Crippen molar-refractivity contribution in [2.75, 3.05) is 18.1 Å². The van der Waals surface area contributed by atoms with Crippen LogP contribution in [0.2, 0.25) is 0 Å². The molecule has 230 valence electrons. The van der Waals surface area contributed by atoms with Crippen molar-refractivity contribution in [2.24, 2.45) is 0 Å². The van der Waals surface area contributed by atoms with E-state index in [1.54, 1.807) is 0 Å². The van der Waals surface area contributed by atoms with E-state index in [2.05, 4.69) is 29.9 Å². The van der Waals surface area contributed by atoms with Crippen molar-refractivity contribution < 1.29 is 24.5 Å². The van der Waals surface area contributed by atoms with E-state index < -0.39 is 18.5 Å². The SMILES string of the molecule is Nc1nc(CC(=O)O)nc2c1[nH]c(=O)n2Cc1ccccc1.Nc1nc(OCC(=O)O)nc2c1[nH]c(=O)n2Cc1ccccc1. The van der Waals surface area contributed by atoms with Gasteiger partial charge in [-0.1, -0.05) is 60.7 Å². The quantitative estimate of drug-likeness (QED) is 0.130. The Morgan fingerprint density at radius 1 is 0.711 bits per heavy atom. The molecule has 6 aromatic rings. The molecule has 0 aliphatic rings. The lowest BCUT2D eigenvalue weighted by atomic mass is 10.2. The second kappa shape index (κ2) is 12.8. The van der Waals surface area contributed by atoms with Crippen molar-refractivity contribution in [1.82, 2.24) is 39.0 Å². The number of nitrogens with zero attached hydrogens (tertiary/aromatic N) is 6.